The van der Waals surface area contributed by atoms with Crippen LogP contribution >= 0.6 is 0 Å². The molecule has 0 atom stereocenters. The van der Waals surface area contributed by atoms with Crippen LogP contribution in [0.5, 0.6) is 0 Å². The monoisotopic (exact) mass is 301 g/mol. The molecule has 2 heteroatoms. The van der Waals surface area contributed by atoms with Crippen LogP contribution in [0.3, 0.4) is 0 Å². The molecule has 1 aromatic rings. The molecule has 0 aliphatic carbocycles. The molecule has 50 valence electrons. The summed E-state index contributed by atoms with van der Waals surface area (Å²) in [6.07, 6.45) is 1.82. The van der Waals surface area contributed by atoms with Crippen molar-refractivity contribution in [3.63, 3.8) is 0 Å². The van der Waals surface area contributed by atoms with Gasteiger partial charge in [-0.25, -0.2) is 0 Å². The Morgan fingerprint density at radius 2 is 1.90 bits per heavy atom. The fourth-order valence-electron chi connectivity index (χ4n) is 0.631. The Morgan fingerprint density at radius 1 is 1.20 bits per heavy atom. The van der Waals surface area contributed by atoms with Crippen LogP contribution in [-0.2, 0) is 19.4 Å². The van der Waals surface area contributed by atoms with E-state index in [0.29, 0.717) is 0 Å². The van der Waals surface area contributed by atoms with Gasteiger partial charge in [0.2, 0.25) is 0 Å². The molecular formula is C8H7NW. The van der Waals surface area contributed by atoms with E-state index in [1.54, 1.807) is 0 Å². The number of hydrogen-bond acceptors (Lipinski definition) is 1. The second kappa shape index (κ2) is 4.29. The van der Waals surface area contributed by atoms with Crippen LogP contribution in [0, 0.1) is 0 Å². The molecule has 0 aliphatic rings. The van der Waals surface area contributed by atoms with Crippen molar-refractivity contribution in [2.45, 2.75) is 0 Å². The van der Waals surface area contributed by atoms with E-state index in [0.717, 1.165) is 5.69 Å². The quantitative estimate of drug-likeness (QED) is 0.738. The molecule has 0 aliphatic heterocycles. The second-order valence-electron chi connectivity index (χ2n) is 1.75. The minimum absolute atomic E-state index is 1.01. The fourth-order valence-corrected chi connectivity index (χ4v) is 0.849. The molecule has 1 nitrogen and oxygen atoms in total. The molecule has 0 N–H and O–H groups in total. The summed E-state index contributed by atoms with van der Waals surface area (Å²) < 4.78 is 1.99. The van der Waals surface area contributed by atoms with Crippen LogP contribution in [0.4, 0.5) is 5.69 Å². The molecule has 0 aromatic heterocycles. The molecule has 0 unspecified atom stereocenters. The first-order chi connectivity index (χ1) is 4.93. The Bertz CT molecular complexity index is 228. The van der Waals surface area contributed by atoms with E-state index in [-0.39, 0.29) is 0 Å². The maximum atomic E-state index is 4.16. The Balaban J connectivity index is 2.76. The van der Waals surface area contributed by atoms with E-state index in [4.69, 9.17) is 0 Å². The number of benzene rings is 1. The standard InChI is InChI=1S/C8H7N.W/c1-2-9-8-6-4-3-5-7-8;/h1-7H;. The molecule has 1 rings (SSSR count). The molecule has 0 saturated carbocycles. The molecule has 0 fully saturated rings. The van der Waals surface area contributed by atoms with Gasteiger partial charge in [-0.15, -0.1) is 0 Å². The van der Waals surface area contributed by atoms with Gasteiger partial charge in [0.15, 0.2) is 0 Å². The summed E-state index contributed by atoms with van der Waals surface area (Å²) in [7, 11) is 0. The van der Waals surface area contributed by atoms with Crippen molar-refractivity contribution in [2.75, 3.05) is 0 Å². The van der Waals surface area contributed by atoms with Gasteiger partial charge in [-0.05, 0) is 0 Å². The minimum atomic E-state index is 1.01. The van der Waals surface area contributed by atoms with Crippen LogP contribution < -0.4 is 0 Å². The van der Waals surface area contributed by atoms with Crippen LogP contribution in [0.15, 0.2) is 35.3 Å². The fraction of sp³-hybridized carbons (Fsp3) is 0. The first-order valence-corrected chi connectivity index (χ1v) is 4.66. The van der Waals surface area contributed by atoms with Gasteiger partial charge in [-0.1, -0.05) is 0 Å². The molecule has 0 amide bonds. The van der Waals surface area contributed by atoms with Gasteiger partial charge in [0.25, 0.3) is 0 Å². The van der Waals surface area contributed by atoms with Gasteiger partial charge in [-0.2, -0.15) is 0 Å². The predicted molar refractivity (Wildman–Crippen MR) is 40.7 cm³/mol. The summed E-state index contributed by atoms with van der Waals surface area (Å²) in [6.45, 7) is 0. The molecule has 0 bridgehead atoms. The Labute approximate surface area is 71.2 Å². The Morgan fingerprint density at radius 3 is 2.50 bits per heavy atom. The molecule has 0 radical (unpaired) electrons. The van der Waals surface area contributed by atoms with E-state index in [1.165, 1.54) is 19.4 Å². The molecular weight excluding hydrogens is 294 g/mol. The van der Waals surface area contributed by atoms with Crippen molar-refractivity contribution in [1.29, 1.82) is 0 Å². The van der Waals surface area contributed by atoms with Gasteiger partial charge < -0.3 is 0 Å². The van der Waals surface area contributed by atoms with Gasteiger partial charge in [0.1, 0.15) is 0 Å². The van der Waals surface area contributed by atoms with Crippen LogP contribution in [0.1, 0.15) is 0 Å². The summed E-state index contributed by atoms with van der Waals surface area (Å²) in [5, 5.41) is 0. The van der Waals surface area contributed by atoms with Gasteiger partial charge in [0.05, 0.1) is 0 Å². The summed E-state index contributed by atoms with van der Waals surface area (Å²) >= 11 is 1.43. The normalized spacial score (nSPS) is 10.0. The molecule has 0 heterocycles. The number of aliphatic imine (C=N–C) groups is 1. The van der Waals surface area contributed by atoms with Crippen molar-refractivity contribution < 1.29 is 19.4 Å². The number of rotatable bonds is 2. The van der Waals surface area contributed by atoms with E-state index in [2.05, 4.69) is 4.99 Å². The number of para-hydroxylation sites is 1. The Kier molecular flexibility index (Phi) is 3.24. The van der Waals surface area contributed by atoms with E-state index >= 15 is 0 Å². The molecule has 0 saturated heterocycles. The van der Waals surface area contributed by atoms with Gasteiger partial charge in [0, 0.05) is 0 Å². The summed E-state index contributed by atoms with van der Waals surface area (Å²) in [6, 6.07) is 9.91. The van der Waals surface area contributed by atoms with E-state index in [1.807, 2.05) is 40.9 Å². The zero-order chi connectivity index (χ0) is 7.23. The third-order valence-corrected chi connectivity index (χ3v) is 1.48. The van der Waals surface area contributed by atoms with Crippen molar-refractivity contribution in [2.24, 2.45) is 4.99 Å². The first-order valence-electron chi connectivity index (χ1n) is 2.96. The van der Waals surface area contributed by atoms with Crippen molar-refractivity contribution in [3.8, 4) is 0 Å². The van der Waals surface area contributed by atoms with Crippen molar-refractivity contribution in [3.05, 3.63) is 30.3 Å². The van der Waals surface area contributed by atoms with Crippen molar-refractivity contribution >= 4 is 16.3 Å². The Hall–Kier alpha value is -0.552. The zero-order valence-corrected chi connectivity index (χ0v) is 8.33. The third kappa shape index (κ3) is 2.36. The van der Waals surface area contributed by atoms with E-state index in [9.17, 15) is 0 Å². The van der Waals surface area contributed by atoms with Gasteiger partial charge in [-0.3, -0.25) is 0 Å². The summed E-state index contributed by atoms with van der Waals surface area (Å²) in [5.41, 5.74) is 1.01. The first kappa shape index (κ1) is 7.55. The molecule has 0 spiro atoms. The summed E-state index contributed by atoms with van der Waals surface area (Å²) in [4.78, 5) is 4.16. The summed E-state index contributed by atoms with van der Waals surface area (Å²) in [5.74, 6) is 0. The number of nitrogens with zero attached hydrogens (tertiary/aromatic N) is 1. The number of hydrogen-bond donors (Lipinski definition) is 0. The third-order valence-electron chi connectivity index (χ3n) is 1.04. The predicted octanol–water partition coefficient (Wildman–Crippen LogP) is 1.74. The van der Waals surface area contributed by atoms with Crippen LogP contribution in [0.25, 0.3) is 0 Å². The maximum absolute atomic E-state index is 4.16. The average Bonchev–Trinajstić information content (AvgIpc) is 2.03. The molecule has 10 heavy (non-hydrogen) atoms. The van der Waals surface area contributed by atoms with Crippen molar-refractivity contribution in [1.82, 2.24) is 0 Å². The average molecular weight is 301 g/mol. The topological polar surface area (TPSA) is 12.4 Å². The van der Waals surface area contributed by atoms with Crippen LogP contribution in [-0.4, -0.2) is 10.6 Å². The van der Waals surface area contributed by atoms with Gasteiger partial charge >= 0.3 is 71.0 Å². The van der Waals surface area contributed by atoms with Crippen LogP contribution in [0.2, 0.25) is 0 Å². The zero-order valence-electron chi connectivity index (χ0n) is 5.40. The SMILES string of the molecule is [W]=[CH]C=Nc1ccccc1. The molecule has 1 aromatic carbocycles. The van der Waals surface area contributed by atoms with E-state index < -0.39 is 0 Å². The second-order valence-corrected chi connectivity index (χ2v) is 2.73.